The number of aromatic nitrogens is 3. The molecule has 6 nitrogen and oxygen atoms in total. The average Bonchev–Trinajstić information content (AvgIpc) is 2.62. The first-order valence-corrected chi connectivity index (χ1v) is 8.31. The number of carboxylic acids is 1. The highest BCUT2D eigenvalue weighted by atomic mass is 16.4. The van der Waals surface area contributed by atoms with Crippen LogP contribution in [0.1, 0.15) is 38.3 Å². The van der Waals surface area contributed by atoms with Crippen molar-refractivity contribution in [2.75, 3.05) is 18.0 Å². The monoisotopic (exact) mass is 326 g/mol. The van der Waals surface area contributed by atoms with Gasteiger partial charge < -0.3 is 10.0 Å². The Bertz CT molecular complexity index is 710. The summed E-state index contributed by atoms with van der Waals surface area (Å²) in [6, 6.07) is 5.84. The van der Waals surface area contributed by atoms with Gasteiger partial charge in [0.15, 0.2) is 5.82 Å². The summed E-state index contributed by atoms with van der Waals surface area (Å²) in [4.78, 5) is 26.8. The molecule has 0 radical (unpaired) electrons. The quantitative estimate of drug-likeness (QED) is 0.930. The zero-order valence-corrected chi connectivity index (χ0v) is 14.0. The first-order valence-electron chi connectivity index (χ1n) is 8.31. The van der Waals surface area contributed by atoms with Crippen molar-refractivity contribution in [3.05, 3.63) is 36.3 Å². The molecular formula is C18H22N4O2. The Labute approximate surface area is 141 Å². The van der Waals surface area contributed by atoms with E-state index in [4.69, 9.17) is 10.1 Å². The summed E-state index contributed by atoms with van der Waals surface area (Å²) in [7, 11) is 0. The van der Waals surface area contributed by atoms with Gasteiger partial charge in [-0.25, -0.2) is 9.97 Å². The summed E-state index contributed by atoms with van der Waals surface area (Å²) in [5.74, 6) is 0.890. The van der Waals surface area contributed by atoms with Crippen molar-refractivity contribution < 1.29 is 9.90 Å². The van der Waals surface area contributed by atoms with Crippen LogP contribution in [-0.4, -0.2) is 39.1 Å². The van der Waals surface area contributed by atoms with Gasteiger partial charge >= 0.3 is 5.97 Å². The van der Waals surface area contributed by atoms with E-state index in [0.717, 1.165) is 17.1 Å². The highest BCUT2D eigenvalue weighted by Crippen LogP contribution is 2.27. The van der Waals surface area contributed by atoms with E-state index >= 15 is 0 Å². The van der Waals surface area contributed by atoms with Gasteiger partial charge in [0.1, 0.15) is 5.82 Å². The Hall–Kier alpha value is -2.50. The van der Waals surface area contributed by atoms with Crippen molar-refractivity contribution >= 4 is 11.8 Å². The number of piperidine rings is 1. The number of hydrogen-bond donors (Lipinski definition) is 1. The number of aliphatic carboxylic acids is 1. The lowest BCUT2D eigenvalue weighted by Gasteiger charge is -2.31. The minimum absolute atomic E-state index is 0.245. The van der Waals surface area contributed by atoms with Gasteiger partial charge in [-0.05, 0) is 30.9 Å². The van der Waals surface area contributed by atoms with Crippen molar-refractivity contribution in [1.82, 2.24) is 15.0 Å². The molecule has 0 unspecified atom stereocenters. The van der Waals surface area contributed by atoms with Crippen LogP contribution < -0.4 is 4.90 Å². The third-order valence-corrected chi connectivity index (χ3v) is 4.41. The van der Waals surface area contributed by atoms with Gasteiger partial charge in [0.05, 0.1) is 5.92 Å². The van der Waals surface area contributed by atoms with Crippen molar-refractivity contribution in [3.8, 4) is 11.4 Å². The maximum absolute atomic E-state index is 11.1. The van der Waals surface area contributed by atoms with Crippen LogP contribution >= 0.6 is 0 Å². The molecular weight excluding hydrogens is 304 g/mol. The van der Waals surface area contributed by atoms with Crippen LogP contribution in [0.15, 0.2) is 30.6 Å². The summed E-state index contributed by atoms with van der Waals surface area (Å²) in [6.07, 6.45) is 4.80. The van der Waals surface area contributed by atoms with Gasteiger partial charge in [0.2, 0.25) is 0 Å². The topological polar surface area (TPSA) is 79.2 Å². The van der Waals surface area contributed by atoms with Crippen molar-refractivity contribution in [3.63, 3.8) is 0 Å². The molecule has 0 spiro atoms. The van der Waals surface area contributed by atoms with E-state index in [9.17, 15) is 4.79 Å². The third-order valence-electron chi connectivity index (χ3n) is 4.41. The standard InChI is InChI=1S/C18H22N4O2/c1-12(2)15-10-16(22-8-5-13(6-9-22)18(23)24)21-17(20-15)14-4-3-7-19-11-14/h3-4,7,10-13H,5-6,8-9H2,1-2H3,(H,23,24). The van der Waals surface area contributed by atoms with E-state index in [-0.39, 0.29) is 5.92 Å². The Morgan fingerprint density at radius 3 is 2.62 bits per heavy atom. The predicted molar refractivity (Wildman–Crippen MR) is 91.9 cm³/mol. The van der Waals surface area contributed by atoms with Crippen LogP contribution in [0, 0.1) is 5.92 Å². The van der Waals surface area contributed by atoms with E-state index in [1.54, 1.807) is 12.4 Å². The fraction of sp³-hybridized carbons (Fsp3) is 0.444. The van der Waals surface area contributed by atoms with Crippen LogP contribution in [0.25, 0.3) is 11.4 Å². The molecule has 0 saturated carbocycles. The third kappa shape index (κ3) is 3.53. The maximum Gasteiger partial charge on any atom is 0.306 e. The largest absolute Gasteiger partial charge is 0.481 e. The van der Waals surface area contributed by atoms with Crippen LogP contribution in [0.4, 0.5) is 5.82 Å². The number of rotatable bonds is 4. The van der Waals surface area contributed by atoms with E-state index in [1.165, 1.54) is 0 Å². The summed E-state index contributed by atoms with van der Waals surface area (Å²) < 4.78 is 0. The number of carbonyl (C=O) groups is 1. The summed E-state index contributed by atoms with van der Waals surface area (Å²) in [6.45, 7) is 5.63. The molecule has 0 bridgehead atoms. The Kier molecular flexibility index (Phi) is 4.74. The van der Waals surface area contributed by atoms with Gasteiger partial charge in [-0.3, -0.25) is 9.78 Å². The van der Waals surface area contributed by atoms with Crippen LogP contribution in [0.3, 0.4) is 0 Å². The van der Waals surface area contributed by atoms with E-state index in [2.05, 4.69) is 28.7 Å². The Morgan fingerprint density at radius 1 is 1.29 bits per heavy atom. The van der Waals surface area contributed by atoms with E-state index < -0.39 is 5.97 Å². The molecule has 0 aromatic carbocycles. The first kappa shape index (κ1) is 16.4. The molecule has 0 atom stereocenters. The number of anilines is 1. The second-order valence-corrected chi connectivity index (χ2v) is 6.47. The number of carboxylic acid groups (broad SMARTS) is 1. The van der Waals surface area contributed by atoms with E-state index in [1.807, 2.05) is 18.2 Å². The lowest BCUT2D eigenvalue weighted by molar-refractivity contribution is -0.142. The average molecular weight is 326 g/mol. The molecule has 1 N–H and O–H groups in total. The van der Waals surface area contributed by atoms with E-state index in [0.29, 0.717) is 37.7 Å². The molecule has 2 aromatic heterocycles. The van der Waals surface area contributed by atoms with Gasteiger partial charge in [0.25, 0.3) is 0 Å². The minimum Gasteiger partial charge on any atom is -0.481 e. The SMILES string of the molecule is CC(C)c1cc(N2CCC(C(=O)O)CC2)nc(-c2cccnc2)n1. The molecule has 1 saturated heterocycles. The summed E-state index contributed by atoms with van der Waals surface area (Å²) in [5.41, 5.74) is 1.88. The van der Waals surface area contributed by atoms with Crippen molar-refractivity contribution in [2.45, 2.75) is 32.6 Å². The molecule has 24 heavy (non-hydrogen) atoms. The minimum atomic E-state index is -0.698. The zero-order chi connectivity index (χ0) is 17.1. The van der Waals surface area contributed by atoms with Crippen LogP contribution in [-0.2, 0) is 4.79 Å². The Balaban J connectivity index is 1.90. The van der Waals surface area contributed by atoms with Crippen molar-refractivity contribution in [1.29, 1.82) is 0 Å². The normalized spacial score (nSPS) is 15.7. The molecule has 1 fully saturated rings. The second-order valence-electron chi connectivity index (χ2n) is 6.47. The van der Waals surface area contributed by atoms with Crippen LogP contribution in [0.5, 0.6) is 0 Å². The highest BCUT2D eigenvalue weighted by molar-refractivity contribution is 5.70. The molecule has 0 aliphatic carbocycles. The maximum atomic E-state index is 11.1. The predicted octanol–water partition coefficient (Wildman–Crippen LogP) is 2.96. The zero-order valence-electron chi connectivity index (χ0n) is 14.0. The molecule has 3 heterocycles. The number of nitrogens with zero attached hydrogens (tertiary/aromatic N) is 4. The fourth-order valence-electron chi connectivity index (χ4n) is 2.89. The molecule has 1 aliphatic heterocycles. The van der Waals surface area contributed by atoms with Crippen molar-refractivity contribution in [2.24, 2.45) is 5.92 Å². The highest BCUT2D eigenvalue weighted by Gasteiger charge is 2.25. The summed E-state index contributed by atoms with van der Waals surface area (Å²) in [5, 5.41) is 9.15. The molecule has 0 amide bonds. The molecule has 1 aliphatic rings. The van der Waals surface area contributed by atoms with Crippen LogP contribution in [0.2, 0.25) is 0 Å². The molecule has 2 aromatic rings. The number of pyridine rings is 1. The van der Waals surface area contributed by atoms with Gasteiger partial charge in [-0.1, -0.05) is 13.8 Å². The lowest BCUT2D eigenvalue weighted by Crippen LogP contribution is -2.37. The van der Waals surface area contributed by atoms with Gasteiger partial charge in [-0.2, -0.15) is 0 Å². The first-order chi connectivity index (χ1) is 11.5. The molecule has 3 rings (SSSR count). The fourth-order valence-corrected chi connectivity index (χ4v) is 2.89. The Morgan fingerprint density at radius 2 is 2.04 bits per heavy atom. The number of hydrogen-bond acceptors (Lipinski definition) is 5. The summed E-state index contributed by atoms with van der Waals surface area (Å²) >= 11 is 0. The second kappa shape index (κ2) is 6.95. The van der Waals surface area contributed by atoms with Gasteiger partial charge in [0, 0.05) is 42.8 Å². The van der Waals surface area contributed by atoms with Gasteiger partial charge in [-0.15, -0.1) is 0 Å². The lowest BCUT2D eigenvalue weighted by atomic mass is 9.97. The molecule has 6 heteroatoms. The smallest absolute Gasteiger partial charge is 0.306 e. The molecule has 126 valence electrons.